The van der Waals surface area contributed by atoms with Crippen molar-refractivity contribution in [2.24, 2.45) is 5.92 Å². The topological polar surface area (TPSA) is 93.1 Å². The molecule has 1 fully saturated rings. The van der Waals surface area contributed by atoms with Crippen molar-refractivity contribution in [2.75, 3.05) is 38.5 Å². The summed E-state index contributed by atoms with van der Waals surface area (Å²) in [6.45, 7) is 13.7. The van der Waals surface area contributed by atoms with Gasteiger partial charge in [0.1, 0.15) is 11.5 Å². The molecule has 1 aliphatic carbocycles. The zero-order chi connectivity index (χ0) is 26.5. The van der Waals surface area contributed by atoms with E-state index in [1.807, 2.05) is 19.3 Å². The highest BCUT2D eigenvalue weighted by Gasteiger charge is 2.20. The summed E-state index contributed by atoms with van der Waals surface area (Å²) in [7, 11) is 1.83. The third-order valence-electron chi connectivity index (χ3n) is 6.78. The minimum atomic E-state index is -0.523. The molecule has 1 aliphatic heterocycles. The van der Waals surface area contributed by atoms with E-state index in [4.69, 9.17) is 5.41 Å². The molecule has 9 heteroatoms. The lowest BCUT2D eigenvalue weighted by Crippen LogP contribution is -2.48. The van der Waals surface area contributed by atoms with Crippen molar-refractivity contribution in [3.63, 3.8) is 0 Å². The van der Waals surface area contributed by atoms with Crippen LogP contribution in [0.4, 0.5) is 16.2 Å². The van der Waals surface area contributed by atoms with Gasteiger partial charge in [-0.2, -0.15) is 0 Å². The van der Waals surface area contributed by atoms with Gasteiger partial charge in [-0.3, -0.25) is 9.80 Å². The summed E-state index contributed by atoms with van der Waals surface area (Å²) in [6, 6.07) is 4.54. The Morgan fingerprint density at radius 1 is 1.05 bits per heavy atom. The number of nitrogens with zero attached hydrogens (tertiary/aromatic N) is 5. The number of halogens is 1. The maximum absolute atomic E-state index is 14.8. The summed E-state index contributed by atoms with van der Waals surface area (Å²) >= 11 is 0. The van der Waals surface area contributed by atoms with Gasteiger partial charge in [-0.25, -0.2) is 19.3 Å². The molecule has 2 aliphatic rings. The molecule has 0 atom stereocenters. The maximum atomic E-state index is 14.8. The van der Waals surface area contributed by atoms with E-state index in [9.17, 15) is 4.39 Å². The van der Waals surface area contributed by atoms with Crippen LogP contribution in [-0.4, -0.2) is 69.7 Å². The zero-order valence-electron chi connectivity index (χ0n) is 22.3. The van der Waals surface area contributed by atoms with E-state index in [0.29, 0.717) is 23.1 Å². The van der Waals surface area contributed by atoms with Crippen LogP contribution in [0.3, 0.4) is 0 Å². The average Bonchev–Trinajstić information content (AvgIpc) is 2.88. The number of hydrogen-bond donors (Lipinski definition) is 3. The Labute approximate surface area is 218 Å². The van der Waals surface area contributed by atoms with Crippen molar-refractivity contribution in [3.05, 3.63) is 71.1 Å². The fourth-order valence-electron chi connectivity index (χ4n) is 4.68. The van der Waals surface area contributed by atoms with Crippen molar-refractivity contribution in [3.8, 4) is 0 Å². The van der Waals surface area contributed by atoms with Gasteiger partial charge < -0.3 is 16.0 Å². The molecule has 2 aromatic rings. The molecule has 0 aromatic carbocycles. The molecule has 0 spiro atoms. The van der Waals surface area contributed by atoms with E-state index in [2.05, 4.69) is 69.1 Å². The largest absolute Gasteiger partial charge is 0.391 e. The summed E-state index contributed by atoms with van der Waals surface area (Å²) < 4.78 is 14.8. The first-order valence-electron chi connectivity index (χ1n) is 12.9. The van der Waals surface area contributed by atoms with Crippen LogP contribution in [0.15, 0.2) is 54.0 Å². The molecular formula is C28H37FN8. The average molecular weight is 505 g/mol. The van der Waals surface area contributed by atoms with Gasteiger partial charge in [0.05, 0.1) is 11.9 Å². The van der Waals surface area contributed by atoms with Crippen molar-refractivity contribution in [2.45, 2.75) is 40.3 Å². The third kappa shape index (κ3) is 6.47. The minimum Gasteiger partial charge on any atom is -0.391 e. The molecule has 0 bridgehead atoms. The number of nitrogens with one attached hydrogen (secondary N) is 3. The Hall–Kier alpha value is -3.43. The van der Waals surface area contributed by atoms with E-state index in [1.165, 1.54) is 0 Å². The maximum Gasteiger partial charge on any atom is 0.229 e. The van der Waals surface area contributed by atoms with Gasteiger partial charge in [-0.1, -0.05) is 26.0 Å². The molecule has 1 saturated heterocycles. The van der Waals surface area contributed by atoms with Crippen molar-refractivity contribution in [1.82, 2.24) is 30.1 Å². The summed E-state index contributed by atoms with van der Waals surface area (Å²) in [4.78, 5) is 18.0. The van der Waals surface area contributed by atoms with Crippen LogP contribution >= 0.6 is 0 Å². The highest BCUT2D eigenvalue weighted by molar-refractivity contribution is 6.13. The molecule has 2 aromatic heterocycles. The normalized spacial score (nSPS) is 18.4. The molecule has 196 valence electrons. The predicted octanol–water partition coefficient (Wildman–Crippen LogP) is 4.38. The van der Waals surface area contributed by atoms with Gasteiger partial charge in [0.2, 0.25) is 5.95 Å². The summed E-state index contributed by atoms with van der Waals surface area (Å²) in [6.07, 6.45) is 8.21. The number of piperazine rings is 1. The molecular weight excluding hydrogens is 467 g/mol. The van der Waals surface area contributed by atoms with Gasteiger partial charge in [-0.15, -0.1) is 0 Å². The number of hydrogen-bond acceptors (Lipinski definition) is 8. The number of aromatic nitrogens is 3. The SMILES string of the molecule is CN/C(=C1/C=C(c2nc(Nc3ccc(CN4CCN(C(C)C)CC4)cn3)ncc2F)C=CC1=N)C(C)C. The number of pyridine rings is 1. The standard InChI is InChI=1S/C28H37FN8/c1-18(2)26(31-5)22-14-21(7-8-24(22)30)27-23(29)16-33-28(35-27)34-25-9-6-20(15-32-25)17-36-10-12-37(13-11-36)19(3)4/h6-9,14-16,18-19,30-31H,10-13,17H2,1-5H3,(H,32,33,34,35)/b26-22-,30-24?. The van der Waals surface area contributed by atoms with Crippen LogP contribution in [0.1, 0.15) is 39.0 Å². The third-order valence-corrected chi connectivity index (χ3v) is 6.78. The second kappa shape index (κ2) is 11.7. The Balaban J connectivity index is 1.46. The lowest BCUT2D eigenvalue weighted by molar-refractivity contribution is 0.104. The Kier molecular flexibility index (Phi) is 8.45. The second-order valence-electron chi connectivity index (χ2n) is 10.1. The minimum absolute atomic E-state index is 0.176. The number of anilines is 2. The van der Waals surface area contributed by atoms with Crippen molar-refractivity contribution in [1.29, 1.82) is 5.41 Å². The van der Waals surface area contributed by atoms with Crippen LogP contribution in [0, 0.1) is 17.1 Å². The summed E-state index contributed by atoms with van der Waals surface area (Å²) in [5.74, 6) is 0.527. The quantitative estimate of drug-likeness (QED) is 0.491. The van der Waals surface area contributed by atoms with Crippen LogP contribution < -0.4 is 10.6 Å². The first kappa shape index (κ1) is 26.6. The lowest BCUT2D eigenvalue weighted by Gasteiger charge is -2.36. The van der Waals surface area contributed by atoms with Crippen LogP contribution in [0.25, 0.3) is 5.57 Å². The molecule has 0 saturated carbocycles. The smallest absolute Gasteiger partial charge is 0.229 e. The molecule has 0 radical (unpaired) electrons. The van der Waals surface area contributed by atoms with E-state index in [-0.39, 0.29) is 17.6 Å². The van der Waals surface area contributed by atoms with E-state index in [0.717, 1.165) is 55.8 Å². The van der Waals surface area contributed by atoms with Crippen molar-refractivity contribution >= 4 is 23.1 Å². The first-order valence-corrected chi connectivity index (χ1v) is 12.9. The van der Waals surface area contributed by atoms with Gasteiger partial charge in [0.25, 0.3) is 0 Å². The highest BCUT2D eigenvalue weighted by Crippen LogP contribution is 2.27. The summed E-state index contributed by atoms with van der Waals surface area (Å²) in [5, 5.41) is 14.6. The molecule has 3 N–H and O–H groups in total. The first-order chi connectivity index (χ1) is 17.7. The molecule has 4 rings (SSSR count). The van der Waals surface area contributed by atoms with Crippen LogP contribution in [-0.2, 0) is 6.54 Å². The predicted molar refractivity (Wildman–Crippen MR) is 147 cm³/mol. The molecule has 8 nitrogen and oxygen atoms in total. The van der Waals surface area contributed by atoms with E-state index < -0.39 is 5.82 Å². The Morgan fingerprint density at radius 3 is 2.43 bits per heavy atom. The summed E-state index contributed by atoms with van der Waals surface area (Å²) in [5.41, 5.74) is 3.93. The van der Waals surface area contributed by atoms with Gasteiger partial charge in [-0.05, 0) is 43.5 Å². The molecule has 37 heavy (non-hydrogen) atoms. The molecule has 3 heterocycles. The Morgan fingerprint density at radius 2 is 1.81 bits per heavy atom. The van der Waals surface area contributed by atoms with Gasteiger partial charge in [0, 0.05) is 68.9 Å². The lowest BCUT2D eigenvalue weighted by atomic mass is 9.93. The van der Waals surface area contributed by atoms with E-state index >= 15 is 0 Å². The molecule has 0 amide bonds. The van der Waals surface area contributed by atoms with Crippen molar-refractivity contribution < 1.29 is 4.39 Å². The van der Waals surface area contributed by atoms with Crippen LogP contribution in [0.5, 0.6) is 0 Å². The highest BCUT2D eigenvalue weighted by atomic mass is 19.1. The Bertz CT molecular complexity index is 1210. The monoisotopic (exact) mass is 504 g/mol. The van der Waals surface area contributed by atoms with Crippen LogP contribution in [0.2, 0.25) is 0 Å². The van der Waals surface area contributed by atoms with Gasteiger partial charge in [0.15, 0.2) is 5.82 Å². The number of rotatable bonds is 8. The fourth-order valence-corrected chi connectivity index (χ4v) is 4.68. The van der Waals surface area contributed by atoms with E-state index in [1.54, 1.807) is 18.2 Å². The molecule has 0 unspecified atom stereocenters. The zero-order valence-corrected chi connectivity index (χ0v) is 22.3. The fraction of sp³-hybridized carbons (Fsp3) is 0.429. The van der Waals surface area contributed by atoms with Gasteiger partial charge >= 0.3 is 0 Å². The number of allylic oxidation sites excluding steroid dienone is 6. The second-order valence-corrected chi connectivity index (χ2v) is 10.1.